The number of aromatic hydroxyl groups is 1. The number of hydrogen-bond donors (Lipinski definition) is 3. The molecular formula is C12H15F3N2O2. The molecular weight excluding hydrogens is 261 g/mol. The lowest BCUT2D eigenvalue weighted by Gasteiger charge is -2.12. The van der Waals surface area contributed by atoms with Gasteiger partial charge in [0.05, 0.1) is 5.56 Å². The molecule has 4 nitrogen and oxygen atoms in total. The maximum atomic E-state index is 13.4. The van der Waals surface area contributed by atoms with E-state index in [9.17, 15) is 18.0 Å². The summed E-state index contributed by atoms with van der Waals surface area (Å²) in [7, 11) is 0. The topological polar surface area (TPSA) is 75.3 Å². The Morgan fingerprint density at radius 1 is 1.42 bits per heavy atom. The van der Waals surface area contributed by atoms with Gasteiger partial charge in [0.25, 0.3) is 5.91 Å². The summed E-state index contributed by atoms with van der Waals surface area (Å²) in [5, 5.41) is 11.3. The van der Waals surface area contributed by atoms with E-state index in [2.05, 4.69) is 5.32 Å². The number of nitrogens with two attached hydrogens (primary N) is 1. The molecule has 0 saturated heterocycles. The van der Waals surface area contributed by atoms with Crippen molar-refractivity contribution < 1.29 is 23.1 Å². The van der Waals surface area contributed by atoms with Crippen LogP contribution in [0.2, 0.25) is 0 Å². The first-order chi connectivity index (χ1) is 8.88. The third kappa shape index (κ3) is 3.60. The molecule has 0 aliphatic rings. The van der Waals surface area contributed by atoms with Crippen molar-refractivity contribution >= 4 is 5.91 Å². The van der Waals surface area contributed by atoms with Crippen molar-refractivity contribution in [3.05, 3.63) is 29.1 Å². The van der Waals surface area contributed by atoms with Crippen molar-refractivity contribution in [2.45, 2.75) is 25.8 Å². The molecule has 1 amide bonds. The SMILES string of the molecule is CCCC(N)CNC(=O)c1cc(F)c(F)c(O)c1F. The van der Waals surface area contributed by atoms with E-state index in [4.69, 9.17) is 10.8 Å². The van der Waals surface area contributed by atoms with Crippen LogP contribution in [0, 0.1) is 17.5 Å². The molecule has 1 aromatic carbocycles. The van der Waals surface area contributed by atoms with Crippen molar-refractivity contribution in [3.63, 3.8) is 0 Å². The average Bonchev–Trinajstić information content (AvgIpc) is 2.38. The Labute approximate surface area is 108 Å². The van der Waals surface area contributed by atoms with Gasteiger partial charge in [0.2, 0.25) is 5.82 Å². The fourth-order valence-corrected chi connectivity index (χ4v) is 1.55. The first kappa shape index (κ1) is 15.3. The summed E-state index contributed by atoms with van der Waals surface area (Å²) >= 11 is 0. The summed E-state index contributed by atoms with van der Waals surface area (Å²) in [5.74, 6) is -7.19. The number of halogens is 3. The normalized spacial score (nSPS) is 12.3. The Morgan fingerprint density at radius 2 is 2.05 bits per heavy atom. The Kier molecular flexibility index (Phi) is 5.17. The maximum absolute atomic E-state index is 13.4. The second-order valence-corrected chi connectivity index (χ2v) is 4.14. The predicted octanol–water partition coefficient (Wildman–Crippen LogP) is 1.67. The fourth-order valence-electron chi connectivity index (χ4n) is 1.55. The Morgan fingerprint density at radius 3 is 2.63 bits per heavy atom. The number of hydrogen-bond acceptors (Lipinski definition) is 3. The second-order valence-electron chi connectivity index (χ2n) is 4.14. The van der Waals surface area contributed by atoms with E-state index in [-0.39, 0.29) is 12.6 Å². The monoisotopic (exact) mass is 276 g/mol. The molecule has 1 aromatic rings. The van der Waals surface area contributed by atoms with E-state index in [0.29, 0.717) is 12.5 Å². The Balaban J connectivity index is 2.83. The summed E-state index contributed by atoms with van der Waals surface area (Å²) in [4.78, 5) is 11.6. The van der Waals surface area contributed by atoms with E-state index in [1.807, 2.05) is 6.92 Å². The molecule has 0 heterocycles. The zero-order valence-electron chi connectivity index (χ0n) is 10.3. The Bertz CT molecular complexity index is 481. The van der Waals surface area contributed by atoms with E-state index in [1.165, 1.54) is 0 Å². The van der Waals surface area contributed by atoms with Crippen molar-refractivity contribution in [1.29, 1.82) is 0 Å². The number of phenolic OH excluding ortho intramolecular Hbond substituents is 1. The number of rotatable bonds is 5. The van der Waals surface area contributed by atoms with E-state index < -0.39 is 34.7 Å². The highest BCUT2D eigenvalue weighted by molar-refractivity contribution is 5.95. The molecule has 19 heavy (non-hydrogen) atoms. The largest absolute Gasteiger partial charge is 0.503 e. The standard InChI is InChI=1S/C12H15F3N2O2/c1-2-3-6(16)5-17-12(19)7-4-8(13)10(15)11(18)9(7)14/h4,6,18H,2-3,5,16H2,1H3,(H,17,19). The molecule has 1 unspecified atom stereocenters. The van der Waals surface area contributed by atoms with Crippen LogP contribution >= 0.6 is 0 Å². The lowest BCUT2D eigenvalue weighted by molar-refractivity contribution is 0.0945. The fraction of sp³-hybridized carbons (Fsp3) is 0.417. The third-order valence-corrected chi connectivity index (χ3v) is 2.56. The van der Waals surface area contributed by atoms with Gasteiger partial charge in [-0.2, -0.15) is 4.39 Å². The van der Waals surface area contributed by atoms with Gasteiger partial charge in [-0.05, 0) is 12.5 Å². The van der Waals surface area contributed by atoms with Crippen LogP contribution in [-0.2, 0) is 0 Å². The minimum Gasteiger partial charge on any atom is -0.503 e. The zero-order valence-corrected chi connectivity index (χ0v) is 10.3. The Hall–Kier alpha value is -1.76. The van der Waals surface area contributed by atoms with Crippen LogP contribution in [0.25, 0.3) is 0 Å². The summed E-state index contributed by atoms with van der Waals surface area (Å²) in [6.45, 7) is 1.99. The molecule has 1 atom stereocenters. The highest BCUT2D eigenvalue weighted by Gasteiger charge is 2.22. The van der Waals surface area contributed by atoms with Gasteiger partial charge < -0.3 is 16.2 Å². The molecule has 7 heteroatoms. The number of amides is 1. The highest BCUT2D eigenvalue weighted by Crippen LogP contribution is 2.25. The van der Waals surface area contributed by atoms with Gasteiger partial charge in [-0.25, -0.2) is 8.78 Å². The van der Waals surface area contributed by atoms with Crippen LogP contribution in [0.3, 0.4) is 0 Å². The van der Waals surface area contributed by atoms with Crippen LogP contribution in [0.5, 0.6) is 5.75 Å². The van der Waals surface area contributed by atoms with E-state index in [1.54, 1.807) is 0 Å². The first-order valence-electron chi connectivity index (χ1n) is 5.78. The van der Waals surface area contributed by atoms with E-state index in [0.717, 1.165) is 6.42 Å². The first-order valence-corrected chi connectivity index (χ1v) is 5.78. The summed E-state index contributed by atoms with van der Waals surface area (Å²) in [6.07, 6.45) is 1.48. The number of carbonyl (C=O) groups is 1. The predicted molar refractivity (Wildman–Crippen MR) is 63.2 cm³/mol. The lowest BCUT2D eigenvalue weighted by atomic mass is 10.1. The van der Waals surface area contributed by atoms with Gasteiger partial charge in [-0.15, -0.1) is 0 Å². The number of benzene rings is 1. The minimum atomic E-state index is -1.73. The van der Waals surface area contributed by atoms with Crippen LogP contribution in [0.15, 0.2) is 6.07 Å². The smallest absolute Gasteiger partial charge is 0.254 e. The van der Waals surface area contributed by atoms with Gasteiger partial charge >= 0.3 is 0 Å². The van der Waals surface area contributed by atoms with Crippen molar-refractivity contribution in [2.75, 3.05) is 6.54 Å². The molecule has 1 rings (SSSR count). The summed E-state index contributed by atoms with van der Waals surface area (Å²) < 4.78 is 39.2. The molecule has 0 aliphatic carbocycles. The molecule has 106 valence electrons. The van der Waals surface area contributed by atoms with Crippen LogP contribution in [0.4, 0.5) is 13.2 Å². The maximum Gasteiger partial charge on any atom is 0.254 e. The molecule has 4 N–H and O–H groups in total. The van der Waals surface area contributed by atoms with Crippen molar-refractivity contribution in [2.24, 2.45) is 5.73 Å². The molecule has 0 saturated carbocycles. The van der Waals surface area contributed by atoms with Gasteiger partial charge in [0, 0.05) is 12.6 Å². The van der Waals surface area contributed by atoms with Crippen LogP contribution < -0.4 is 11.1 Å². The molecule has 0 bridgehead atoms. The molecule has 0 aromatic heterocycles. The molecule has 0 radical (unpaired) electrons. The summed E-state index contributed by atoms with van der Waals surface area (Å²) in [5.41, 5.74) is 4.88. The quantitative estimate of drug-likeness (QED) is 0.716. The second kappa shape index (κ2) is 6.42. The van der Waals surface area contributed by atoms with Crippen molar-refractivity contribution in [1.82, 2.24) is 5.32 Å². The number of phenols is 1. The highest BCUT2D eigenvalue weighted by atomic mass is 19.2. The van der Waals surface area contributed by atoms with Crippen LogP contribution in [-0.4, -0.2) is 23.6 Å². The van der Waals surface area contributed by atoms with Gasteiger partial charge in [-0.1, -0.05) is 13.3 Å². The third-order valence-electron chi connectivity index (χ3n) is 2.56. The molecule has 0 fully saturated rings. The minimum absolute atomic E-state index is 0.0753. The van der Waals surface area contributed by atoms with Crippen LogP contribution in [0.1, 0.15) is 30.1 Å². The number of carbonyl (C=O) groups excluding carboxylic acids is 1. The number of nitrogens with one attached hydrogen (secondary N) is 1. The van der Waals surface area contributed by atoms with Gasteiger partial charge in [0.1, 0.15) is 0 Å². The van der Waals surface area contributed by atoms with E-state index >= 15 is 0 Å². The van der Waals surface area contributed by atoms with Crippen molar-refractivity contribution in [3.8, 4) is 5.75 Å². The average molecular weight is 276 g/mol. The molecule has 0 aliphatic heterocycles. The van der Waals surface area contributed by atoms with Gasteiger partial charge in [-0.3, -0.25) is 4.79 Å². The zero-order chi connectivity index (χ0) is 14.6. The summed E-state index contributed by atoms with van der Waals surface area (Å²) in [6, 6.07) is 0.0846. The lowest BCUT2D eigenvalue weighted by Crippen LogP contribution is -2.37. The molecule has 0 spiro atoms. The van der Waals surface area contributed by atoms with Gasteiger partial charge in [0.15, 0.2) is 17.4 Å².